The Balaban J connectivity index is 1.88. The fraction of sp³-hybridized carbons (Fsp3) is 0.846. The highest BCUT2D eigenvalue weighted by Gasteiger charge is 2.28. The van der Waals surface area contributed by atoms with E-state index in [0.717, 1.165) is 18.8 Å². The van der Waals surface area contributed by atoms with Crippen LogP contribution in [0.25, 0.3) is 0 Å². The van der Waals surface area contributed by atoms with Crippen LogP contribution in [0.4, 0.5) is 0 Å². The minimum Gasteiger partial charge on any atom is -0.354 e. The van der Waals surface area contributed by atoms with Gasteiger partial charge in [-0.25, -0.2) is 0 Å². The molecule has 0 aromatic heterocycles. The first-order valence-corrected chi connectivity index (χ1v) is 6.72. The van der Waals surface area contributed by atoms with E-state index in [9.17, 15) is 9.59 Å². The summed E-state index contributed by atoms with van der Waals surface area (Å²) in [4.78, 5) is 25.4. The zero-order valence-corrected chi connectivity index (χ0v) is 10.6. The predicted octanol–water partition coefficient (Wildman–Crippen LogP) is 1.16. The van der Waals surface area contributed by atoms with Crippen molar-refractivity contribution in [2.45, 2.75) is 39.0 Å². The number of hydrogen-bond acceptors (Lipinski definition) is 2. The summed E-state index contributed by atoms with van der Waals surface area (Å²) in [5.74, 6) is 1.32. The molecule has 0 unspecified atom stereocenters. The quantitative estimate of drug-likeness (QED) is 0.745. The fourth-order valence-corrected chi connectivity index (χ4v) is 2.75. The summed E-state index contributed by atoms with van der Waals surface area (Å²) in [5.41, 5.74) is 0. The SMILES string of the molecule is CC1CCC(C(=O)N2CCNC(=O)CC2)CC1. The Labute approximate surface area is 103 Å². The topological polar surface area (TPSA) is 49.4 Å². The van der Waals surface area contributed by atoms with E-state index in [-0.39, 0.29) is 17.7 Å². The fourth-order valence-electron chi connectivity index (χ4n) is 2.75. The van der Waals surface area contributed by atoms with E-state index in [0.29, 0.717) is 26.1 Å². The molecule has 2 fully saturated rings. The Morgan fingerprint density at radius 1 is 1.24 bits per heavy atom. The third-order valence-electron chi connectivity index (χ3n) is 3.99. The van der Waals surface area contributed by atoms with Crippen molar-refractivity contribution >= 4 is 11.8 Å². The maximum absolute atomic E-state index is 12.3. The number of rotatable bonds is 1. The van der Waals surface area contributed by atoms with Crippen LogP contribution in [0.15, 0.2) is 0 Å². The highest BCUT2D eigenvalue weighted by atomic mass is 16.2. The van der Waals surface area contributed by atoms with Crippen molar-refractivity contribution in [1.29, 1.82) is 0 Å². The molecule has 0 bridgehead atoms. The average molecular weight is 238 g/mol. The van der Waals surface area contributed by atoms with Gasteiger partial charge in [-0.1, -0.05) is 6.92 Å². The molecular weight excluding hydrogens is 216 g/mol. The lowest BCUT2D eigenvalue weighted by atomic mass is 9.82. The molecule has 4 heteroatoms. The van der Waals surface area contributed by atoms with Crippen LogP contribution in [-0.2, 0) is 9.59 Å². The molecule has 0 radical (unpaired) electrons. The highest BCUT2D eigenvalue weighted by molar-refractivity contribution is 5.81. The van der Waals surface area contributed by atoms with Gasteiger partial charge in [-0.3, -0.25) is 9.59 Å². The molecule has 4 nitrogen and oxygen atoms in total. The first kappa shape index (κ1) is 12.4. The Hall–Kier alpha value is -1.06. The van der Waals surface area contributed by atoms with E-state index in [1.807, 2.05) is 4.90 Å². The van der Waals surface area contributed by atoms with Gasteiger partial charge < -0.3 is 10.2 Å². The standard InChI is InChI=1S/C13H22N2O2/c1-10-2-4-11(5-3-10)13(17)15-8-6-12(16)14-7-9-15/h10-11H,2-9H2,1H3,(H,14,16). The van der Waals surface area contributed by atoms with Gasteiger partial charge in [-0.05, 0) is 31.6 Å². The van der Waals surface area contributed by atoms with Crippen molar-refractivity contribution in [3.05, 3.63) is 0 Å². The zero-order chi connectivity index (χ0) is 12.3. The van der Waals surface area contributed by atoms with Crippen LogP contribution in [0, 0.1) is 11.8 Å². The normalized spacial score (nSPS) is 30.6. The molecule has 1 aliphatic heterocycles. The van der Waals surface area contributed by atoms with Crippen LogP contribution in [0.2, 0.25) is 0 Å². The largest absolute Gasteiger partial charge is 0.354 e. The van der Waals surface area contributed by atoms with E-state index in [1.165, 1.54) is 12.8 Å². The zero-order valence-electron chi connectivity index (χ0n) is 10.6. The molecule has 2 rings (SSSR count). The molecule has 1 aliphatic carbocycles. The summed E-state index contributed by atoms with van der Waals surface area (Å²) < 4.78 is 0. The maximum Gasteiger partial charge on any atom is 0.225 e. The van der Waals surface area contributed by atoms with E-state index in [2.05, 4.69) is 12.2 Å². The lowest BCUT2D eigenvalue weighted by Gasteiger charge is -2.30. The number of nitrogens with one attached hydrogen (secondary N) is 1. The summed E-state index contributed by atoms with van der Waals surface area (Å²) in [6.45, 7) is 4.14. The number of hydrogen-bond donors (Lipinski definition) is 1. The van der Waals surface area contributed by atoms with Crippen molar-refractivity contribution in [3.8, 4) is 0 Å². The summed E-state index contributed by atoms with van der Waals surface area (Å²) in [6, 6.07) is 0. The van der Waals surface area contributed by atoms with Crippen molar-refractivity contribution in [2.24, 2.45) is 11.8 Å². The van der Waals surface area contributed by atoms with Crippen LogP contribution in [0.1, 0.15) is 39.0 Å². The minimum absolute atomic E-state index is 0.0672. The monoisotopic (exact) mass is 238 g/mol. The Bertz CT molecular complexity index is 296. The lowest BCUT2D eigenvalue weighted by Crippen LogP contribution is -2.39. The molecule has 0 aromatic rings. The summed E-state index contributed by atoms with van der Waals surface area (Å²) in [6.07, 6.45) is 4.84. The molecule has 17 heavy (non-hydrogen) atoms. The van der Waals surface area contributed by atoms with Gasteiger partial charge in [0.25, 0.3) is 0 Å². The lowest BCUT2D eigenvalue weighted by molar-refractivity contribution is -0.136. The van der Waals surface area contributed by atoms with E-state index < -0.39 is 0 Å². The van der Waals surface area contributed by atoms with Crippen molar-refractivity contribution in [2.75, 3.05) is 19.6 Å². The van der Waals surface area contributed by atoms with Crippen LogP contribution < -0.4 is 5.32 Å². The van der Waals surface area contributed by atoms with Crippen LogP contribution in [0.5, 0.6) is 0 Å². The average Bonchev–Trinajstić information content (AvgIpc) is 2.54. The molecular formula is C13H22N2O2. The van der Waals surface area contributed by atoms with E-state index >= 15 is 0 Å². The second-order valence-electron chi connectivity index (χ2n) is 5.38. The number of nitrogens with zero attached hydrogens (tertiary/aromatic N) is 1. The molecule has 1 N–H and O–H groups in total. The third kappa shape index (κ3) is 3.20. The molecule has 1 saturated carbocycles. The summed E-state index contributed by atoms with van der Waals surface area (Å²) in [5, 5.41) is 2.81. The van der Waals surface area contributed by atoms with Gasteiger partial charge in [0.2, 0.25) is 11.8 Å². The van der Waals surface area contributed by atoms with Crippen molar-refractivity contribution in [1.82, 2.24) is 10.2 Å². The molecule has 1 saturated heterocycles. The molecule has 0 aromatic carbocycles. The third-order valence-corrected chi connectivity index (χ3v) is 3.99. The molecule has 2 aliphatic rings. The Morgan fingerprint density at radius 3 is 2.65 bits per heavy atom. The van der Waals surface area contributed by atoms with Gasteiger partial charge in [0, 0.05) is 32.0 Å². The maximum atomic E-state index is 12.3. The molecule has 0 spiro atoms. The van der Waals surface area contributed by atoms with Crippen LogP contribution >= 0.6 is 0 Å². The number of amides is 2. The first-order chi connectivity index (χ1) is 8.16. The minimum atomic E-state index is 0.0672. The van der Waals surface area contributed by atoms with E-state index in [1.54, 1.807) is 0 Å². The van der Waals surface area contributed by atoms with Gasteiger partial charge in [-0.2, -0.15) is 0 Å². The van der Waals surface area contributed by atoms with Crippen molar-refractivity contribution in [3.63, 3.8) is 0 Å². The molecule has 2 amide bonds. The second-order valence-corrected chi connectivity index (χ2v) is 5.38. The molecule has 96 valence electrons. The predicted molar refractivity (Wildman–Crippen MR) is 65.3 cm³/mol. The highest BCUT2D eigenvalue weighted by Crippen LogP contribution is 2.29. The molecule has 0 atom stereocenters. The van der Waals surface area contributed by atoms with Gasteiger partial charge in [0.05, 0.1) is 0 Å². The Kier molecular flexibility index (Phi) is 4.02. The molecule has 1 heterocycles. The van der Waals surface area contributed by atoms with Crippen LogP contribution in [-0.4, -0.2) is 36.3 Å². The Morgan fingerprint density at radius 2 is 1.94 bits per heavy atom. The summed E-state index contributed by atoms with van der Waals surface area (Å²) >= 11 is 0. The van der Waals surface area contributed by atoms with Gasteiger partial charge in [-0.15, -0.1) is 0 Å². The number of carbonyl (C=O) groups is 2. The smallest absolute Gasteiger partial charge is 0.225 e. The first-order valence-electron chi connectivity index (χ1n) is 6.72. The summed E-state index contributed by atoms with van der Waals surface area (Å²) in [7, 11) is 0. The van der Waals surface area contributed by atoms with E-state index in [4.69, 9.17) is 0 Å². The van der Waals surface area contributed by atoms with Gasteiger partial charge in [0.15, 0.2) is 0 Å². The van der Waals surface area contributed by atoms with Crippen LogP contribution in [0.3, 0.4) is 0 Å². The second kappa shape index (κ2) is 5.52. The van der Waals surface area contributed by atoms with Gasteiger partial charge >= 0.3 is 0 Å². The van der Waals surface area contributed by atoms with Gasteiger partial charge in [0.1, 0.15) is 0 Å². The van der Waals surface area contributed by atoms with Crippen molar-refractivity contribution < 1.29 is 9.59 Å². The number of carbonyl (C=O) groups excluding carboxylic acids is 2.